The largest absolute Gasteiger partial charge is 0.506 e. The fourth-order valence-corrected chi connectivity index (χ4v) is 3.99. The highest BCUT2D eigenvalue weighted by atomic mass is 16.7. The van der Waals surface area contributed by atoms with Gasteiger partial charge in [0.2, 0.25) is 0 Å². The number of amides is 1. The minimum atomic E-state index is -0.397. The van der Waals surface area contributed by atoms with Gasteiger partial charge in [-0.25, -0.2) is 10.3 Å². The summed E-state index contributed by atoms with van der Waals surface area (Å²) in [7, 11) is 0. The number of anilines is 1. The summed E-state index contributed by atoms with van der Waals surface area (Å²) >= 11 is 0. The van der Waals surface area contributed by atoms with Crippen LogP contribution in [-0.2, 0) is 15.0 Å². The van der Waals surface area contributed by atoms with Crippen LogP contribution in [0, 0.1) is 6.92 Å². The SMILES string of the molecule is CCC(=O)ONc1cccc2c(O)c(C(=O)NCCCCOc3ccc(C)cc3C(C)(C)CC)ccc12. The van der Waals surface area contributed by atoms with Crippen molar-refractivity contribution in [3.63, 3.8) is 0 Å². The van der Waals surface area contributed by atoms with Gasteiger partial charge in [0.25, 0.3) is 5.91 Å². The number of benzene rings is 3. The lowest BCUT2D eigenvalue weighted by molar-refractivity contribution is -0.140. The Morgan fingerprint density at radius 3 is 2.51 bits per heavy atom. The molecule has 0 heterocycles. The van der Waals surface area contributed by atoms with Crippen LogP contribution in [0.1, 0.15) is 74.9 Å². The van der Waals surface area contributed by atoms with Gasteiger partial charge in [0.05, 0.1) is 17.9 Å². The van der Waals surface area contributed by atoms with Gasteiger partial charge in [-0.2, -0.15) is 0 Å². The van der Waals surface area contributed by atoms with Crippen LogP contribution >= 0.6 is 0 Å². The molecule has 3 aromatic rings. The molecule has 3 aromatic carbocycles. The van der Waals surface area contributed by atoms with Gasteiger partial charge in [0, 0.05) is 23.7 Å². The standard InChI is InChI=1S/C30H38N2O5/c1-6-27(33)37-32-25-12-10-11-22-21(25)14-15-23(28(22)34)29(35)31-17-8-9-18-36-26-16-13-20(3)19-24(26)30(4,5)7-2/h10-16,19,32,34H,6-9,17-18H2,1-5H3,(H,31,35). The van der Waals surface area contributed by atoms with E-state index in [1.165, 1.54) is 11.1 Å². The maximum Gasteiger partial charge on any atom is 0.331 e. The molecule has 0 aromatic heterocycles. The molecule has 0 aliphatic rings. The van der Waals surface area contributed by atoms with E-state index >= 15 is 0 Å². The highest BCUT2D eigenvalue weighted by molar-refractivity contribution is 6.06. The number of hydrogen-bond acceptors (Lipinski definition) is 6. The number of rotatable bonds is 12. The second-order valence-electron chi connectivity index (χ2n) is 9.84. The zero-order chi connectivity index (χ0) is 27.0. The zero-order valence-electron chi connectivity index (χ0n) is 22.4. The number of ether oxygens (including phenoxy) is 1. The van der Waals surface area contributed by atoms with Gasteiger partial charge in [0.15, 0.2) is 0 Å². The second-order valence-corrected chi connectivity index (χ2v) is 9.84. The molecule has 0 unspecified atom stereocenters. The van der Waals surface area contributed by atoms with E-state index in [-0.39, 0.29) is 29.1 Å². The number of hydrogen-bond donors (Lipinski definition) is 3. The number of nitrogens with one attached hydrogen (secondary N) is 2. The summed E-state index contributed by atoms with van der Waals surface area (Å²) in [6.07, 6.45) is 2.79. The summed E-state index contributed by atoms with van der Waals surface area (Å²) in [5, 5.41) is 14.8. The minimum Gasteiger partial charge on any atom is -0.506 e. The molecule has 0 spiro atoms. The van der Waals surface area contributed by atoms with E-state index in [9.17, 15) is 14.7 Å². The summed E-state index contributed by atoms with van der Waals surface area (Å²) in [6, 6.07) is 14.8. The van der Waals surface area contributed by atoms with E-state index in [1.54, 1.807) is 37.3 Å². The molecule has 7 heteroatoms. The predicted molar refractivity (Wildman–Crippen MR) is 147 cm³/mol. The third-order valence-electron chi connectivity index (χ3n) is 6.70. The Morgan fingerprint density at radius 2 is 1.78 bits per heavy atom. The van der Waals surface area contributed by atoms with Gasteiger partial charge in [-0.1, -0.05) is 63.6 Å². The minimum absolute atomic E-state index is 0.0357. The normalized spacial score (nSPS) is 11.3. The number of fused-ring (bicyclic) bond motifs is 1. The molecule has 3 N–H and O–H groups in total. The van der Waals surface area contributed by atoms with Crippen LogP contribution < -0.4 is 15.5 Å². The average Bonchev–Trinajstić information content (AvgIpc) is 2.89. The number of carbonyl (C=O) groups is 2. The molecule has 7 nitrogen and oxygen atoms in total. The van der Waals surface area contributed by atoms with E-state index < -0.39 is 5.97 Å². The number of phenolic OH excluding ortho intramolecular Hbond substituents is 1. The Morgan fingerprint density at radius 1 is 1.00 bits per heavy atom. The molecule has 1 amide bonds. The van der Waals surface area contributed by atoms with Crippen LogP contribution in [0.2, 0.25) is 0 Å². The van der Waals surface area contributed by atoms with Gasteiger partial charge in [-0.05, 0) is 55.4 Å². The Bertz CT molecular complexity index is 1250. The molecule has 3 rings (SSSR count). The highest BCUT2D eigenvalue weighted by Crippen LogP contribution is 2.35. The molecule has 0 radical (unpaired) electrons. The van der Waals surface area contributed by atoms with Crippen molar-refractivity contribution in [2.45, 2.75) is 65.7 Å². The number of aromatic hydroxyl groups is 1. The van der Waals surface area contributed by atoms with Crippen LogP contribution in [0.15, 0.2) is 48.5 Å². The molecule has 0 aliphatic heterocycles. The third-order valence-corrected chi connectivity index (χ3v) is 6.70. The smallest absolute Gasteiger partial charge is 0.331 e. The third kappa shape index (κ3) is 6.94. The lowest BCUT2D eigenvalue weighted by atomic mass is 9.81. The summed E-state index contributed by atoms with van der Waals surface area (Å²) in [6.45, 7) is 11.5. The predicted octanol–water partition coefficient (Wildman–Crippen LogP) is 6.41. The lowest BCUT2D eigenvalue weighted by Gasteiger charge is -2.26. The molecule has 37 heavy (non-hydrogen) atoms. The Hall–Kier alpha value is -3.74. The number of unbranched alkanes of at least 4 members (excludes halogenated alkanes) is 1. The highest BCUT2D eigenvalue weighted by Gasteiger charge is 2.22. The van der Waals surface area contributed by atoms with Gasteiger partial charge >= 0.3 is 5.97 Å². The van der Waals surface area contributed by atoms with Crippen molar-refractivity contribution in [3.8, 4) is 11.5 Å². The van der Waals surface area contributed by atoms with Crippen molar-refractivity contribution < 1.29 is 24.3 Å². The van der Waals surface area contributed by atoms with E-state index in [1.807, 2.05) is 6.07 Å². The Balaban J connectivity index is 1.54. The first kappa shape index (κ1) is 27.8. The lowest BCUT2D eigenvalue weighted by Crippen LogP contribution is -2.25. The Labute approximate surface area is 219 Å². The van der Waals surface area contributed by atoms with Crippen LogP contribution in [0.5, 0.6) is 11.5 Å². The second kappa shape index (κ2) is 12.5. The van der Waals surface area contributed by atoms with Crippen LogP contribution in [0.25, 0.3) is 10.8 Å². The van der Waals surface area contributed by atoms with Crippen molar-refractivity contribution in [3.05, 3.63) is 65.2 Å². The quantitative estimate of drug-likeness (QED) is 0.194. The molecule has 0 atom stereocenters. The summed E-state index contributed by atoms with van der Waals surface area (Å²) in [5.74, 6) is 0.0588. The van der Waals surface area contributed by atoms with Crippen molar-refractivity contribution in [2.75, 3.05) is 18.6 Å². The molecular weight excluding hydrogens is 468 g/mol. The van der Waals surface area contributed by atoms with Gasteiger partial charge < -0.3 is 20.0 Å². The fourth-order valence-electron chi connectivity index (χ4n) is 3.99. The average molecular weight is 507 g/mol. The van der Waals surface area contributed by atoms with Gasteiger partial charge in [-0.15, -0.1) is 0 Å². The van der Waals surface area contributed by atoms with Crippen LogP contribution in [0.3, 0.4) is 0 Å². The van der Waals surface area contributed by atoms with Crippen LogP contribution in [-0.4, -0.2) is 30.1 Å². The number of phenols is 1. The van der Waals surface area contributed by atoms with E-state index in [0.717, 1.165) is 25.0 Å². The molecule has 198 valence electrons. The van der Waals surface area contributed by atoms with Crippen LogP contribution in [0.4, 0.5) is 5.69 Å². The molecule has 0 bridgehead atoms. The van der Waals surface area contributed by atoms with Gasteiger partial charge in [0.1, 0.15) is 11.5 Å². The molecule has 0 saturated carbocycles. The van der Waals surface area contributed by atoms with Crippen molar-refractivity contribution >= 4 is 28.3 Å². The summed E-state index contributed by atoms with van der Waals surface area (Å²) in [4.78, 5) is 29.2. The van der Waals surface area contributed by atoms with Crippen molar-refractivity contribution in [1.29, 1.82) is 0 Å². The van der Waals surface area contributed by atoms with Gasteiger partial charge in [-0.3, -0.25) is 4.79 Å². The van der Waals surface area contributed by atoms with Crippen molar-refractivity contribution in [1.82, 2.24) is 5.32 Å². The molecule has 0 aliphatic carbocycles. The maximum absolute atomic E-state index is 12.7. The topological polar surface area (TPSA) is 96.9 Å². The van der Waals surface area contributed by atoms with E-state index in [4.69, 9.17) is 9.57 Å². The van der Waals surface area contributed by atoms with E-state index in [2.05, 4.69) is 50.6 Å². The monoisotopic (exact) mass is 506 g/mol. The maximum atomic E-state index is 12.7. The summed E-state index contributed by atoms with van der Waals surface area (Å²) in [5.41, 5.74) is 5.82. The van der Waals surface area contributed by atoms with E-state index in [0.29, 0.717) is 29.6 Å². The first-order valence-electron chi connectivity index (χ1n) is 12.9. The first-order chi connectivity index (χ1) is 17.7. The molecular formula is C30H38N2O5. The zero-order valence-corrected chi connectivity index (χ0v) is 22.4. The molecule has 0 fully saturated rings. The number of aryl methyl sites for hydroxylation is 1. The first-order valence-corrected chi connectivity index (χ1v) is 12.9. The van der Waals surface area contributed by atoms with Crippen molar-refractivity contribution in [2.24, 2.45) is 0 Å². The number of carbonyl (C=O) groups excluding carboxylic acids is 2. The fraction of sp³-hybridized carbons (Fsp3) is 0.400. The Kier molecular flexibility index (Phi) is 9.39. The molecule has 0 saturated heterocycles. The summed E-state index contributed by atoms with van der Waals surface area (Å²) < 4.78 is 6.10.